The molecular weight excluding hydrogens is 426 g/mol. The number of hydrogen-bond donors (Lipinski definition) is 1. The Kier molecular flexibility index (Phi) is 8.81. The lowest BCUT2D eigenvalue weighted by molar-refractivity contribution is -0.141. The molecule has 1 atom stereocenters. The van der Waals surface area contributed by atoms with Gasteiger partial charge >= 0.3 is 5.97 Å². The van der Waals surface area contributed by atoms with Gasteiger partial charge in [0.05, 0.1) is 19.1 Å². The first-order chi connectivity index (χ1) is 15.9. The molecule has 0 aliphatic carbocycles. The number of hydrogen-bond acceptors (Lipinski definition) is 3. The van der Waals surface area contributed by atoms with Crippen LogP contribution < -0.4 is 9.47 Å². The summed E-state index contributed by atoms with van der Waals surface area (Å²) >= 11 is 0. The topological polar surface area (TPSA) is 55.8 Å². The molecule has 0 saturated carbocycles. The maximum Gasteiger partial charge on any atom is 0.306 e. The van der Waals surface area contributed by atoms with Crippen LogP contribution in [0.2, 0.25) is 0 Å². The Labute approximate surface area is 192 Å². The predicted octanol–water partition coefficient (Wildman–Crippen LogP) is 6.52. The fourth-order valence-electron chi connectivity index (χ4n) is 3.30. The van der Waals surface area contributed by atoms with E-state index in [0.717, 1.165) is 36.6 Å². The summed E-state index contributed by atoms with van der Waals surface area (Å²) in [5.74, 6) is -0.828. The van der Waals surface area contributed by atoms with Gasteiger partial charge in [-0.1, -0.05) is 31.2 Å². The summed E-state index contributed by atoms with van der Waals surface area (Å²) in [6.07, 6.45) is 2.99. The SMILES string of the molecule is CC(CCc1ccc(OCCCCOc2ccc(-c3ccc(F)cc3F)cc2)cc1)C(=O)O. The smallest absolute Gasteiger partial charge is 0.306 e. The van der Waals surface area contributed by atoms with Crippen molar-refractivity contribution in [3.05, 3.63) is 83.9 Å². The number of carboxylic acid groups (broad SMARTS) is 1. The summed E-state index contributed by atoms with van der Waals surface area (Å²) in [4.78, 5) is 10.9. The molecule has 1 N–H and O–H groups in total. The minimum atomic E-state index is -0.767. The molecule has 3 aromatic carbocycles. The molecule has 3 rings (SSSR count). The highest BCUT2D eigenvalue weighted by molar-refractivity contribution is 5.69. The van der Waals surface area contributed by atoms with Crippen LogP contribution in [0.15, 0.2) is 66.7 Å². The van der Waals surface area contributed by atoms with Crippen LogP contribution in [-0.2, 0) is 11.2 Å². The fraction of sp³-hybridized carbons (Fsp3) is 0.296. The van der Waals surface area contributed by atoms with Crippen LogP contribution in [0.3, 0.4) is 0 Å². The summed E-state index contributed by atoms with van der Waals surface area (Å²) in [5, 5.41) is 8.95. The van der Waals surface area contributed by atoms with E-state index in [9.17, 15) is 13.6 Å². The molecule has 0 radical (unpaired) electrons. The number of aryl methyl sites for hydroxylation is 1. The molecule has 3 aromatic rings. The van der Waals surface area contributed by atoms with Crippen LogP contribution in [0, 0.1) is 17.6 Å². The van der Waals surface area contributed by atoms with E-state index in [2.05, 4.69) is 0 Å². The highest BCUT2D eigenvalue weighted by Crippen LogP contribution is 2.25. The van der Waals surface area contributed by atoms with Crippen molar-refractivity contribution in [2.45, 2.75) is 32.6 Å². The largest absolute Gasteiger partial charge is 0.494 e. The Balaban J connectivity index is 1.33. The molecule has 0 fully saturated rings. The van der Waals surface area contributed by atoms with Gasteiger partial charge in [-0.05, 0) is 73.2 Å². The standard InChI is InChI=1S/C27H28F2O4/c1-19(27(30)31)4-5-20-6-11-23(12-7-20)32-16-2-3-17-33-24-13-8-21(9-14-24)25-15-10-22(28)18-26(25)29/h6-15,18-19H,2-5,16-17H2,1H3,(H,30,31). The third-order valence-electron chi connectivity index (χ3n) is 5.38. The van der Waals surface area contributed by atoms with Gasteiger partial charge in [-0.2, -0.15) is 0 Å². The molecule has 0 heterocycles. The predicted molar refractivity (Wildman–Crippen MR) is 124 cm³/mol. The monoisotopic (exact) mass is 454 g/mol. The van der Waals surface area contributed by atoms with Crippen molar-refractivity contribution < 1.29 is 28.2 Å². The van der Waals surface area contributed by atoms with Gasteiger partial charge in [0.25, 0.3) is 0 Å². The lowest BCUT2D eigenvalue weighted by Crippen LogP contribution is -2.10. The number of unbranched alkanes of at least 4 members (excludes halogenated alkanes) is 1. The van der Waals surface area contributed by atoms with E-state index in [4.69, 9.17) is 14.6 Å². The first-order valence-electron chi connectivity index (χ1n) is 11.0. The van der Waals surface area contributed by atoms with Crippen LogP contribution >= 0.6 is 0 Å². The molecule has 33 heavy (non-hydrogen) atoms. The second-order valence-electron chi connectivity index (χ2n) is 7.97. The van der Waals surface area contributed by atoms with Gasteiger partial charge in [0.1, 0.15) is 23.1 Å². The van der Waals surface area contributed by atoms with Gasteiger partial charge in [0.2, 0.25) is 0 Å². The zero-order chi connectivity index (χ0) is 23.6. The summed E-state index contributed by atoms with van der Waals surface area (Å²) in [6, 6.07) is 18.3. The van der Waals surface area contributed by atoms with E-state index >= 15 is 0 Å². The van der Waals surface area contributed by atoms with Gasteiger partial charge in [-0.3, -0.25) is 4.79 Å². The summed E-state index contributed by atoms with van der Waals surface area (Å²) in [5.41, 5.74) is 2.11. The maximum atomic E-state index is 13.9. The third kappa shape index (κ3) is 7.59. The molecule has 174 valence electrons. The van der Waals surface area contributed by atoms with Crippen molar-refractivity contribution in [1.29, 1.82) is 0 Å². The zero-order valence-electron chi connectivity index (χ0n) is 18.6. The van der Waals surface area contributed by atoms with Gasteiger partial charge in [0, 0.05) is 11.6 Å². The molecular formula is C27H28F2O4. The van der Waals surface area contributed by atoms with E-state index in [1.54, 1.807) is 31.2 Å². The van der Waals surface area contributed by atoms with Crippen molar-refractivity contribution in [3.63, 3.8) is 0 Å². The van der Waals surface area contributed by atoms with E-state index < -0.39 is 17.6 Å². The Hall–Kier alpha value is -3.41. The lowest BCUT2D eigenvalue weighted by atomic mass is 10.0. The van der Waals surface area contributed by atoms with Gasteiger partial charge in [-0.15, -0.1) is 0 Å². The molecule has 1 unspecified atom stereocenters. The molecule has 0 bridgehead atoms. The maximum absolute atomic E-state index is 13.9. The van der Waals surface area contributed by atoms with Gasteiger partial charge in [-0.25, -0.2) is 8.78 Å². The molecule has 4 nitrogen and oxygen atoms in total. The van der Waals surface area contributed by atoms with Crippen LogP contribution in [-0.4, -0.2) is 24.3 Å². The van der Waals surface area contributed by atoms with Crippen molar-refractivity contribution in [3.8, 4) is 22.6 Å². The van der Waals surface area contributed by atoms with E-state index in [1.165, 1.54) is 12.1 Å². The van der Waals surface area contributed by atoms with Crippen LogP contribution in [0.1, 0.15) is 31.7 Å². The minimum absolute atomic E-state index is 0.348. The van der Waals surface area contributed by atoms with Crippen LogP contribution in [0.25, 0.3) is 11.1 Å². The summed E-state index contributed by atoms with van der Waals surface area (Å²) in [6.45, 7) is 2.82. The molecule has 0 amide bonds. The normalized spacial score (nSPS) is 11.7. The number of ether oxygens (including phenoxy) is 2. The number of carboxylic acids is 1. The van der Waals surface area contributed by atoms with Crippen molar-refractivity contribution in [2.24, 2.45) is 5.92 Å². The van der Waals surface area contributed by atoms with E-state index in [0.29, 0.717) is 36.5 Å². The number of benzene rings is 3. The quantitative estimate of drug-likeness (QED) is 0.317. The fourth-order valence-corrected chi connectivity index (χ4v) is 3.30. The first kappa shape index (κ1) is 24.2. The highest BCUT2D eigenvalue weighted by atomic mass is 19.1. The van der Waals surface area contributed by atoms with Crippen molar-refractivity contribution in [1.82, 2.24) is 0 Å². The zero-order valence-corrected chi connectivity index (χ0v) is 18.6. The second kappa shape index (κ2) is 12.0. The highest BCUT2D eigenvalue weighted by Gasteiger charge is 2.10. The first-order valence-corrected chi connectivity index (χ1v) is 11.0. The molecule has 0 aliphatic rings. The molecule has 6 heteroatoms. The second-order valence-corrected chi connectivity index (χ2v) is 7.97. The summed E-state index contributed by atoms with van der Waals surface area (Å²) in [7, 11) is 0. The molecule has 0 saturated heterocycles. The van der Waals surface area contributed by atoms with Gasteiger partial charge in [0.15, 0.2) is 0 Å². The number of halogens is 2. The Morgan fingerprint density at radius 3 is 2.00 bits per heavy atom. The average molecular weight is 455 g/mol. The molecule has 0 aliphatic heterocycles. The Bertz CT molecular complexity index is 1030. The number of aliphatic carboxylic acids is 1. The minimum Gasteiger partial charge on any atom is -0.494 e. The van der Waals surface area contributed by atoms with Gasteiger partial charge < -0.3 is 14.6 Å². The number of carbonyl (C=O) groups is 1. The molecule has 0 aromatic heterocycles. The number of rotatable bonds is 12. The van der Waals surface area contributed by atoms with Crippen molar-refractivity contribution >= 4 is 5.97 Å². The van der Waals surface area contributed by atoms with Crippen LogP contribution in [0.4, 0.5) is 8.78 Å². The van der Waals surface area contributed by atoms with Crippen molar-refractivity contribution in [2.75, 3.05) is 13.2 Å². The lowest BCUT2D eigenvalue weighted by Gasteiger charge is -2.10. The van der Waals surface area contributed by atoms with E-state index in [-0.39, 0.29) is 5.92 Å². The Morgan fingerprint density at radius 1 is 0.879 bits per heavy atom. The van der Waals surface area contributed by atoms with E-state index in [1.807, 2.05) is 24.3 Å². The Morgan fingerprint density at radius 2 is 1.45 bits per heavy atom. The average Bonchev–Trinajstić information content (AvgIpc) is 2.81. The summed E-state index contributed by atoms with van der Waals surface area (Å²) < 4.78 is 38.4. The van der Waals surface area contributed by atoms with Crippen LogP contribution in [0.5, 0.6) is 11.5 Å². The third-order valence-corrected chi connectivity index (χ3v) is 5.38. The molecule has 0 spiro atoms.